The van der Waals surface area contributed by atoms with Gasteiger partial charge in [-0.15, -0.1) is 0 Å². The zero-order valence-electron chi connectivity index (χ0n) is 9.54. The minimum atomic E-state index is -1.79. The Kier molecular flexibility index (Phi) is 5.09. The fourth-order valence-electron chi connectivity index (χ4n) is 1.52. The van der Waals surface area contributed by atoms with Crippen molar-refractivity contribution in [1.82, 2.24) is 0 Å². The van der Waals surface area contributed by atoms with E-state index in [0.29, 0.717) is 6.10 Å². The van der Waals surface area contributed by atoms with Gasteiger partial charge in [0.1, 0.15) is 0 Å². The van der Waals surface area contributed by atoms with Gasteiger partial charge in [0.05, 0.1) is 12.7 Å². The molecule has 0 aromatic rings. The van der Waals surface area contributed by atoms with Crippen LogP contribution in [0.1, 0.15) is 25.7 Å². The molecule has 0 aliphatic carbocycles. The van der Waals surface area contributed by atoms with Crippen LogP contribution in [0.15, 0.2) is 0 Å². The van der Waals surface area contributed by atoms with Gasteiger partial charge in [0.25, 0.3) is 0 Å². The molecule has 0 aromatic carbocycles. The predicted molar refractivity (Wildman–Crippen MR) is 58.7 cm³/mol. The molecule has 0 radical (unpaired) electrons. The SMILES string of the molecule is CO[Si](C)(CCCCCC1CO1)OC. The Bertz CT molecular complexity index is 155. The van der Waals surface area contributed by atoms with Crippen molar-refractivity contribution in [2.75, 3.05) is 20.8 Å². The fraction of sp³-hybridized carbons (Fsp3) is 1.00. The van der Waals surface area contributed by atoms with Crippen molar-refractivity contribution in [1.29, 1.82) is 0 Å². The topological polar surface area (TPSA) is 31.0 Å². The van der Waals surface area contributed by atoms with E-state index in [2.05, 4.69) is 6.55 Å². The summed E-state index contributed by atoms with van der Waals surface area (Å²) in [5.74, 6) is 0. The molecule has 84 valence electrons. The summed E-state index contributed by atoms with van der Waals surface area (Å²) < 4.78 is 16.0. The molecule has 1 unspecified atom stereocenters. The van der Waals surface area contributed by atoms with Gasteiger partial charge in [-0.05, 0) is 19.0 Å². The van der Waals surface area contributed by atoms with Gasteiger partial charge in [0, 0.05) is 14.2 Å². The molecule has 1 heterocycles. The lowest BCUT2D eigenvalue weighted by molar-refractivity contribution is 0.248. The highest BCUT2D eigenvalue weighted by molar-refractivity contribution is 6.65. The number of rotatable bonds is 8. The van der Waals surface area contributed by atoms with Crippen molar-refractivity contribution in [3.05, 3.63) is 0 Å². The van der Waals surface area contributed by atoms with Gasteiger partial charge in [0.2, 0.25) is 0 Å². The minimum absolute atomic E-state index is 0.587. The highest BCUT2D eigenvalue weighted by atomic mass is 28.4. The second-order valence-corrected chi connectivity index (χ2v) is 7.68. The van der Waals surface area contributed by atoms with Gasteiger partial charge in [-0.1, -0.05) is 19.3 Å². The second-order valence-electron chi connectivity index (χ2n) is 4.10. The molecule has 0 saturated carbocycles. The Morgan fingerprint density at radius 2 is 1.86 bits per heavy atom. The van der Waals surface area contributed by atoms with Crippen LogP contribution in [-0.2, 0) is 13.6 Å². The van der Waals surface area contributed by atoms with E-state index in [-0.39, 0.29) is 0 Å². The van der Waals surface area contributed by atoms with Gasteiger partial charge >= 0.3 is 8.56 Å². The van der Waals surface area contributed by atoms with Crippen LogP contribution in [0, 0.1) is 0 Å². The van der Waals surface area contributed by atoms with Crippen molar-refractivity contribution in [2.45, 2.75) is 44.4 Å². The first-order valence-corrected chi connectivity index (χ1v) is 7.94. The molecule has 1 fully saturated rings. The number of epoxide rings is 1. The molecule has 4 heteroatoms. The molecule has 1 rings (SSSR count). The third-order valence-electron chi connectivity index (χ3n) is 2.92. The van der Waals surface area contributed by atoms with E-state index in [0.717, 1.165) is 12.7 Å². The van der Waals surface area contributed by atoms with Crippen LogP contribution >= 0.6 is 0 Å². The van der Waals surface area contributed by atoms with Crippen LogP contribution < -0.4 is 0 Å². The minimum Gasteiger partial charge on any atom is -0.398 e. The van der Waals surface area contributed by atoms with E-state index in [1.54, 1.807) is 14.2 Å². The predicted octanol–water partition coefficient (Wildman–Crippen LogP) is 2.31. The molecule has 14 heavy (non-hydrogen) atoms. The Hall–Kier alpha value is 0.0969. The van der Waals surface area contributed by atoms with Gasteiger partial charge < -0.3 is 13.6 Å². The molecule has 0 N–H and O–H groups in total. The lowest BCUT2D eigenvalue weighted by atomic mass is 10.2. The lowest BCUT2D eigenvalue weighted by Gasteiger charge is -2.22. The first-order valence-electron chi connectivity index (χ1n) is 5.42. The van der Waals surface area contributed by atoms with Crippen LogP contribution in [0.4, 0.5) is 0 Å². The summed E-state index contributed by atoms with van der Waals surface area (Å²) in [6, 6.07) is 1.10. The Balaban J connectivity index is 1.95. The molecule has 1 aliphatic heterocycles. The third-order valence-corrected chi connectivity index (χ3v) is 5.91. The second kappa shape index (κ2) is 5.85. The maximum absolute atomic E-state index is 5.42. The number of unbranched alkanes of at least 4 members (excludes halogenated alkanes) is 2. The maximum Gasteiger partial charge on any atom is 0.334 e. The number of hydrogen-bond donors (Lipinski definition) is 0. The van der Waals surface area contributed by atoms with E-state index in [1.165, 1.54) is 25.7 Å². The van der Waals surface area contributed by atoms with Crippen LogP contribution in [0.2, 0.25) is 12.6 Å². The maximum atomic E-state index is 5.42. The smallest absolute Gasteiger partial charge is 0.334 e. The summed E-state index contributed by atoms with van der Waals surface area (Å²) in [6.45, 7) is 3.11. The van der Waals surface area contributed by atoms with E-state index >= 15 is 0 Å². The summed E-state index contributed by atoms with van der Waals surface area (Å²) in [4.78, 5) is 0. The largest absolute Gasteiger partial charge is 0.398 e. The Labute approximate surface area is 88.0 Å². The van der Waals surface area contributed by atoms with E-state index in [1.807, 2.05) is 0 Å². The number of ether oxygens (including phenoxy) is 1. The van der Waals surface area contributed by atoms with E-state index < -0.39 is 8.56 Å². The zero-order chi connectivity index (χ0) is 10.4. The number of hydrogen-bond acceptors (Lipinski definition) is 3. The van der Waals surface area contributed by atoms with Crippen LogP contribution in [-0.4, -0.2) is 35.5 Å². The normalized spacial score (nSPS) is 21.2. The van der Waals surface area contributed by atoms with Crippen molar-refractivity contribution < 1.29 is 13.6 Å². The Morgan fingerprint density at radius 3 is 2.36 bits per heavy atom. The highest BCUT2D eigenvalue weighted by Gasteiger charge is 2.27. The first-order chi connectivity index (χ1) is 6.70. The van der Waals surface area contributed by atoms with Gasteiger partial charge in [-0.3, -0.25) is 0 Å². The zero-order valence-corrected chi connectivity index (χ0v) is 10.5. The fourth-order valence-corrected chi connectivity index (χ4v) is 2.98. The average molecular weight is 218 g/mol. The molecule has 1 saturated heterocycles. The summed E-state index contributed by atoms with van der Waals surface area (Å²) in [5, 5.41) is 0. The van der Waals surface area contributed by atoms with Crippen LogP contribution in [0.25, 0.3) is 0 Å². The molecule has 0 bridgehead atoms. The third kappa shape index (κ3) is 4.55. The van der Waals surface area contributed by atoms with Crippen molar-refractivity contribution in [3.8, 4) is 0 Å². The lowest BCUT2D eigenvalue weighted by Crippen LogP contribution is -2.35. The molecular formula is C10H22O3Si. The molecule has 1 aliphatic rings. The van der Waals surface area contributed by atoms with Crippen molar-refractivity contribution in [3.63, 3.8) is 0 Å². The average Bonchev–Trinajstić information content (AvgIpc) is 3.01. The van der Waals surface area contributed by atoms with Gasteiger partial charge in [-0.2, -0.15) is 0 Å². The molecule has 3 nitrogen and oxygen atoms in total. The molecule has 1 atom stereocenters. The van der Waals surface area contributed by atoms with E-state index in [4.69, 9.17) is 13.6 Å². The summed E-state index contributed by atoms with van der Waals surface area (Å²) in [6.07, 6.45) is 5.59. The molecule has 0 spiro atoms. The molecule has 0 aromatic heterocycles. The summed E-state index contributed by atoms with van der Waals surface area (Å²) in [7, 11) is 1.73. The highest BCUT2D eigenvalue weighted by Crippen LogP contribution is 2.20. The monoisotopic (exact) mass is 218 g/mol. The quantitative estimate of drug-likeness (QED) is 0.356. The summed E-state index contributed by atoms with van der Waals surface area (Å²) >= 11 is 0. The Morgan fingerprint density at radius 1 is 1.21 bits per heavy atom. The molecule has 0 amide bonds. The molecular weight excluding hydrogens is 196 g/mol. The summed E-state index contributed by atoms with van der Waals surface area (Å²) in [5.41, 5.74) is 0. The standard InChI is InChI=1S/C10H22O3Si/c1-11-14(3,12-2)8-6-4-5-7-10-9-13-10/h10H,4-9H2,1-3H3. The van der Waals surface area contributed by atoms with Gasteiger partial charge in [-0.25, -0.2) is 0 Å². The van der Waals surface area contributed by atoms with Gasteiger partial charge in [0.15, 0.2) is 0 Å². The van der Waals surface area contributed by atoms with Crippen LogP contribution in [0.5, 0.6) is 0 Å². The van der Waals surface area contributed by atoms with E-state index in [9.17, 15) is 0 Å². The van der Waals surface area contributed by atoms with Crippen LogP contribution in [0.3, 0.4) is 0 Å². The van der Waals surface area contributed by atoms with Crippen molar-refractivity contribution >= 4 is 8.56 Å². The van der Waals surface area contributed by atoms with Crippen molar-refractivity contribution in [2.24, 2.45) is 0 Å². The first kappa shape index (κ1) is 12.2.